The molecule has 1 aliphatic heterocycles. The molecule has 0 bridgehead atoms. The SMILES string of the molecule is CC(=O)CC(=O)Nc1cc(Cl)c2c(c1)=NC(=O)N=2.Nc1cccc(NC(=O)c2ccccc2)c1. The number of nitrogen functional groups attached to an aromatic ring is 1. The van der Waals surface area contributed by atoms with Gasteiger partial charge in [0.05, 0.1) is 16.8 Å². The van der Waals surface area contributed by atoms with Crippen LogP contribution in [0.5, 0.6) is 0 Å². The summed E-state index contributed by atoms with van der Waals surface area (Å²) in [4.78, 5) is 52.2. The molecule has 1 heterocycles. The summed E-state index contributed by atoms with van der Waals surface area (Å²) < 4.78 is 0. The standard InChI is InChI=1S/C13H12N2O.C11H8ClN3O3/c14-11-7-4-8-12(9-11)15-13(16)10-5-2-1-3-6-10;1-5(16)2-9(17)13-6-3-7(12)10-8(4-6)14-11(18)15-10/h1-9H,14H2,(H,15,16);3-4H,2H2,1H3,(H,13,17). The molecule has 4 rings (SSSR count). The normalized spacial score (nSPS) is 11.2. The van der Waals surface area contributed by atoms with E-state index in [0.29, 0.717) is 33.3 Å². The maximum atomic E-state index is 11.8. The van der Waals surface area contributed by atoms with Crippen LogP contribution in [0.2, 0.25) is 5.02 Å². The summed E-state index contributed by atoms with van der Waals surface area (Å²) >= 11 is 5.91. The number of halogens is 1. The molecule has 4 amide bonds. The van der Waals surface area contributed by atoms with Gasteiger partial charge >= 0.3 is 6.03 Å². The predicted octanol–water partition coefficient (Wildman–Crippen LogP) is 3.15. The Morgan fingerprint density at radius 1 is 0.912 bits per heavy atom. The largest absolute Gasteiger partial charge is 0.399 e. The van der Waals surface area contributed by atoms with E-state index in [1.165, 1.54) is 19.1 Å². The number of ketones is 1. The first-order chi connectivity index (χ1) is 16.2. The van der Waals surface area contributed by atoms with Crippen LogP contribution in [-0.2, 0) is 9.59 Å². The highest BCUT2D eigenvalue weighted by atomic mass is 35.5. The molecule has 3 aromatic rings. The lowest BCUT2D eigenvalue weighted by Gasteiger charge is -2.05. The number of Topliss-reactive ketones (excluding diaryl/α,β-unsaturated/α-hetero) is 1. The third-order valence-electron chi connectivity index (χ3n) is 4.34. The summed E-state index contributed by atoms with van der Waals surface area (Å²) in [5.41, 5.74) is 7.96. The highest BCUT2D eigenvalue weighted by Gasteiger charge is 2.12. The molecule has 0 saturated heterocycles. The first-order valence-corrected chi connectivity index (χ1v) is 10.4. The van der Waals surface area contributed by atoms with E-state index in [1.54, 1.807) is 36.4 Å². The Hall–Kier alpha value is -4.37. The minimum atomic E-state index is -0.626. The van der Waals surface area contributed by atoms with Crippen LogP contribution in [0.4, 0.5) is 21.9 Å². The monoisotopic (exact) mass is 477 g/mol. The fraction of sp³-hybridized carbons (Fsp3) is 0.0833. The van der Waals surface area contributed by atoms with Crippen LogP contribution in [0, 0.1) is 0 Å². The molecular formula is C24H20ClN5O4. The Morgan fingerprint density at radius 3 is 2.32 bits per heavy atom. The Morgan fingerprint density at radius 2 is 1.65 bits per heavy atom. The maximum absolute atomic E-state index is 11.8. The fourth-order valence-electron chi connectivity index (χ4n) is 2.92. The number of amides is 4. The maximum Gasteiger partial charge on any atom is 0.368 e. The van der Waals surface area contributed by atoms with Gasteiger partial charge in [0.2, 0.25) is 5.91 Å². The lowest BCUT2D eigenvalue weighted by molar-refractivity contribution is -0.124. The van der Waals surface area contributed by atoms with Crippen molar-refractivity contribution >= 4 is 52.3 Å². The van der Waals surface area contributed by atoms with Gasteiger partial charge in [-0.2, -0.15) is 9.98 Å². The molecule has 0 spiro atoms. The third kappa shape index (κ3) is 6.81. The van der Waals surface area contributed by atoms with E-state index in [9.17, 15) is 19.2 Å². The molecule has 4 N–H and O–H groups in total. The highest BCUT2D eigenvalue weighted by Crippen LogP contribution is 2.13. The highest BCUT2D eigenvalue weighted by molar-refractivity contribution is 6.31. The first kappa shape index (κ1) is 24.3. The summed E-state index contributed by atoms with van der Waals surface area (Å²) in [6.45, 7) is 1.32. The topological polar surface area (TPSA) is 143 Å². The molecule has 3 aromatic carbocycles. The Balaban J connectivity index is 0.000000192. The number of hydrogen-bond acceptors (Lipinski definition) is 5. The zero-order chi connectivity index (χ0) is 24.7. The molecule has 0 radical (unpaired) electrons. The zero-order valence-electron chi connectivity index (χ0n) is 18.0. The molecule has 10 heteroatoms. The average Bonchev–Trinajstić information content (AvgIpc) is 3.15. The zero-order valence-corrected chi connectivity index (χ0v) is 18.8. The molecule has 0 saturated carbocycles. The van der Waals surface area contributed by atoms with Crippen LogP contribution in [-0.4, -0.2) is 23.6 Å². The second-order valence-electron chi connectivity index (χ2n) is 7.20. The van der Waals surface area contributed by atoms with E-state index < -0.39 is 11.9 Å². The van der Waals surface area contributed by atoms with Crippen LogP contribution in [0.1, 0.15) is 23.7 Å². The van der Waals surface area contributed by atoms with Gasteiger partial charge in [0, 0.05) is 22.6 Å². The number of carbonyl (C=O) groups is 4. The second kappa shape index (κ2) is 11.0. The summed E-state index contributed by atoms with van der Waals surface area (Å²) in [7, 11) is 0. The van der Waals surface area contributed by atoms with E-state index >= 15 is 0 Å². The lowest BCUT2D eigenvalue weighted by atomic mass is 10.2. The predicted molar refractivity (Wildman–Crippen MR) is 128 cm³/mol. The minimum Gasteiger partial charge on any atom is -0.399 e. The molecule has 172 valence electrons. The molecule has 0 aliphatic carbocycles. The van der Waals surface area contributed by atoms with Crippen molar-refractivity contribution in [3.8, 4) is 0 Å². The summed E-state index contributed by atoms with van der Waals surface area (Å²) in [5.74, 6) is -0.819. The number of nitrogens with one attached hydrogen (secondary N) is 2. The van der Waals surface area contributed by atoms with Crippen molar-refractivity contribution < 1.29 is 19.2 Å². The minimum absolute atomic E-state index is 0.133. The van der Waals surface area contributed by atoms with Gasteiger partial charge < -0.3 is 16.4 Å². The van der Waals surface area contributed by atoms with Crippen LogP contribution in [0.15, 0.2) is 76.7 Å². The van der Waals surface area contributed by atoms with Crippen LogP contribution in [0.25, 0.3) is 0 Å². The number of benzene rings is 3. The van der Waals surface area contributed by atoms with Gasteiger partial charge in [-0.3, -0.25) is 14.4 Å². The molecule has 34 heavy (non-hydrogen) atoms. The molecule has 0 aromatic heterocycles. The summed E-state index contributed by atoms with van der Waals surface area (Å²) in [6, 6.07) is 18.5. The molecule has 1 aliphatic rings. The fourth-order valence-corrected chi connectivity index (χ4v) is 3.17. The number of urea groups is 1. The Labute approximate surface area is 199 Å². The van der Waals surface area contributed by atoms with Crippen molar-refractivity contribution in [3.63, 3.8) is 0 Å². The van der Waals surface area contributed by atoms with Crippen molar-refractivity contribution in [1.29, 1.82) is 0 Å². The number of nitrogens with zero attached hydrogens (tertiary/aromatic N) is 2. The summed E-state index contributed by atoms with van der Waals surface area (Å²) in [5, 5.41) is 6.11. The number of rotatable bonds is 5. The number of carbonyl (C=O) groups excluding carboxylic acids is 4. The Kier molecular flexibility index (Phi) is 7.83. The molecule has 0 atom stereocenters. The molecule has 9 nitrogen and oxygen atoms in total. The van der Waals surface area contributed by atoms with Gasteiger partial charge in [-0.1, -0.05) is 35.9 Å². The van der Waals surface area contributed by atoms with Crippen LogP contribution in [0.3, 0.4) is 0 Å². The third-order valence-corrected chi connectivity index (χ3v) is 4.63. The van der Waals surface area contributed by atoms with Gasteiger partial charge in [0.25, 0.3) is 5.91 Å². The van der Waals surface area contributed by atoms with E-state index in [-0.39, 0.29) is 23.1 Å². The second-order valence-corrected chi connectivity index (χ2v) is 7.61. The van der Waals surface area contributed by atoms with Gasteiger partial charge in [0.1, 0.15) is 11.1 Å². The lowest BCUT2D eigenvalue weighted by Crippen LogP contribution is -2.24. The number of anilines is 3. The van der Waals surface area contributed by atoms with E-state index in [0.717, 1.165) is 0 Å². The molecule has 0 unspecified atom stereocenters. The van der Waals surface area contributed by atoms with Gasteiger partial charge in [-0.05, 0) is 49.4 Å². The average molecular weight is 478 g/mol. The smallest absolute Gasteiger partial charge is 0.368 e. The van der Waals surface area contributed by atoms with Gasteiger partial charge in [0.15, 0.2) is 0 Å². The number of hydrogen-bond donors (Lipinski definition) is 3. The van der Waals surface area contributed by atoms with Crippen molar-refractivity contribution in [1.82, 2.24) is 0 Å². The Bertz CT molecular complexity index is 1390. The van der Waals surface area contributed by atoms with E-state index in [2.05, 4.69) is 20.6 Å². The summed E-state index contributed by atoms with van der Waals surface area (Å²) in [6.07, 6.45) is -0.213. The van der Waals surface area contributed by atoms with Crippen molar-refractivity contribution in [3.05, 3.63) is 88.0 Å². The van der Waals surface area contributed by atoms with Gasteiger partial charge in [-0.25, -0.2) is 4.79 Å². The number of fused-ring (bicyclic) bond motifs is 1. The van der Waals surface area contributed by atoms with Crippen molar-refractivity contribution in [2.75, 3.05) is 16.4 Å². The van der Waals surface area contributed by atoms with Gasteiger partial charge in [-0.15, -0.1) is 0 Å². The van der Waals surface area contributed by atoms with Crippen LogP contribution >= 0.6 is 11.6 Å². The quantitative estimate of drug-likeness (QED) is 0.382. The van der Waals surface area contributed by atoms with Crippen molar-refractivity contribution in [2.45, 2.75) is 13.3 Å². The van der Waals surface area contributed by atoms with Crippen LogP contribution < -0.4 is 27.1 Å². The number of nitrogens with two attached hydrogens (primary N) is 1. The molecular weight excluding hydrogens is 458 g/mol. The first-order valence-electron chi connectivity index (χ1n) is 10.0. The molecule has 0 fully saturated rings. The van der Waals surface area contributed by atoms with E-state index in [4.69, 9.17) is 17.3 Å². The van der Waals surface area contributed by atoms with Crippen molar-refractivity contribution in [2.24, 2.45) is 9.98 Å². The van der Waals surface area contributed by atoms with E-state index in [1.807, 2.05) is 18.2 Å².